The molecule has 0 spiro atoms. The van der Waals surface area contributed by atoms with Gasteiger partial charge in [0.2, 0.25) is 0 Å². The third-order valence-corrected chi connectivity index (χ3v) is 3.95. The summed E-state index contributed by atoms with van der Waals surface area (Å²) in [6.07, 6.45) is 3.52. The normalized spacial score (nSPS) is 12.7. The van der Waals surface area contributed by atoms with Crippen LogP contribution < -0.4 is 0 Å². The number of fused-ring (bicyclic) bond motifs is 1. The molecule has 0 aliphatic carbocycles. The summed E-state index contributed by atoms with van der Waals surface area (Å²) in [6.45, 7) is 1.97. The van der Waals surface area contributed by atoms with Crippen molar-refractivity contribution in [3.05, 3.63) is 58.3 Å². The van der Waals surface area contributed by atoms with Crippen LogP contribution in [0.15, 0.2) is 42.0 Å². The molecule has 3 nitrogen and oxygen atoms in total. The standard InChI is InChI=1S/C15H14N2OS/c1-10-17-12(9-19-10)6-15(18)14-8-16-7-11-4-2-3-5-13(11)14/h2-5,7-9,15,18H,6H2,1H3. The molecule has 4 heteroatoms. The maximum atomic E-state index is 10.4. The third kappa shape index (κ3) is 2.50. The summed E-state index contributed by atoms with van der Waals surface area (Å²) in [5.41, 5.74) is 1.80. The fraction of sp³-hybridized carbons (Fsp3) is 0.200. The first-order valence-electron chi connectivity index (χ1n) is 6.16. The Kier molecular flexibility index (Phi) is 3.27. The Bertz CT molecular complexity index is 703. The van der Waals surface area contributed by atoms with Crippen molar-refractivity contribution in [1.82, 2.24) is 9.97 Å². The molecule has 0 radical (unpaired) electrons. The number of aliphatic hydroxyl groups is 1. The van der Waals surface area contributed by atoms with Crippen LogP contribution in [0.3, 0.4) is 0 Å². The van der Waals surface area contributed by atoms with Crippen molar-refractivity contribution in [2.45, 2.75) is 19.4 Å². The number of aromatic nitrogens is 2. The number of hydrogen-bond donors (Lipinski definition) is 1. The van der Waals surface area contributed by atoms with Gasteiger partial charge in [-0.05, 0) is 12.3 Å². The second-order valence-corrected chi connectivity index (χ2v) is 5.59. The lowest BCUT2D eigenvalue weighted by atomic mass is 10.0. The quantitative estimate of drug-likeness (QED) is 0.794. The molecule has 1 N–H and O–H groups in total. The molecule has 2 heterocycles. The number of benzene rings is 1. The van der Waals surface area contributed by atoms with Crippen LogP contribution in [0.5, 0.6) is 0 Å². The molecule has 0 saturated carbocycles. The average Bonchev–Trinajstić information content (AvgIpc) is 2.83. The minimum atomic E-state index is -0.569. The number of rotatable bonds is 3. The van der Waals surface area contributed by atoms with Gasteiger partial charge >= 0.3 is 0 Å². The van der Waals surface area contributed by atoms with Gasteiger partial charge in [-0.3, -0.25) is 4.98 Å². The van der Waals surface area contributed by atoms with Gasteiger partial charge in [0.15, 0.2) is 0 Å². The SMILES string of the molecule is Cc1nc(CC(O)c2cncc3ccccc23)cs1. The van der Waals surface area contributed by atoms with Crippen molar-refractivity contribution in [3.8, 4) is 0 Å². The number of aliphatic hydroxyl groups excluding tert-OH is 1. The lowest BCUT2D eigenvalue weighted by molar-refractivity contribution is 0.178. The van der Waals surface area contributed by atoms with Crippen molar-refractivity contribution >= 4 is 22.1 Å². The highest BCUT2D eigenvalue weighted by molar-refractivity contribution is 7.09. The van der Waals surface area contributed by atoms with E-state index in [2.05, 4.69) is 9.97 Å². The molecule has 0 saturated heterocycles. The minimum Gasteiger partial charge on any atom is -0.388 e. The molecule has 0 bridgehead atoms. The van der Waals surface area contributed by atoms with E-state index in [0.717, 1.165) is 27.0 Å². The van der Waals surface area contributed by atoms with Gasteiger partial charge in [-0.25, -0.2) is 4.98 Å². The van der Waals surface area contributed by atoms with E-state index in [4.69, 9.17) is 0 Å². The van der Waals surface area contributed by atoms with Crippen LogP contribution in [0.4, 0.5) is 0 Å². The van der Waals surface area contributed by atoms with Crippen molar-refractivity contribution < 1.29 is 5.11 Å². The molecule has 2 aromatic heterocycles. The molecule has 1 atom stereocenters. The first-order chi connectivity index (χ1) is 9.24. The van der Waals surface area contributed by atoms with Gasteiger partial charge in [0, 0.05) is 35.1 Å². The van der Waals surface area contributed by atoms with E-state index in [9.17, 15) is 5.11 Å². The Labute approximate surface area is 115 Å². The molecule has 19 heavy (non-hydrogen) atoms. The molecule has 1 unspecified atom stereocenters. The zero-order chi connectivity index (χ0) is 13.2. The second-order valence-electron chi connectivity index (χ2n) is 4.53. The molecule has 96 valence electrons. The second kappa shape index (κ2) is 5.07. The molecule has 3 aromatic rings. The Balaban J connectivity index is 1.95. The smallest absolute Gasteiger partial charge is 0.0897 e. The van der Waals surface area contributed by atoms with E-state index < -0.39 is 6.10 Å². The van der Waals surface area contributed by atoms with Crippen LogP contribution in [0.2, 0.25) is 0 Å². The Morgan fingerprint density at radius 2 is 2.11 bits per heavy atom. The zero-order valence-electron chi connectivity index (χ0n) is 10.6. The Morgan fingerprint density at radius 1 is 1.26 bits per heavy atom. The van der Waals surface area contributed by atoms with E-state index >= 15 is 0 Å². The van der Waals surface area contributed by atoms with Gasteiger partial charge in [0.05, 0.1) is 16.8 Å². The number of nitrogens with zero attached hydrogens (tertiary/aromatic N) is 2. The van der Waals surface area contributed by atoms with Crippen molar-refractivity contribution in [1.29, 1.82) is 0 Å². The molecule has 1 aromatic carbocycles. The molecular weight excluding hydrogens is 256 g/mol. The Hall–Kier alpha value is -1.78. The van der Waals surface area contributed by atoms with Gasteiger partial charge in [-0.2, -0.15) is 0 Å². The number of aryl methyl sites for hydroxylation is 1. The van der Waals surface area contributed by atoms with E-state index in [1.165, 1.54) is 0 Å². The number of thiazole rings is 1. The van der Waals surface area contributed by atoms with E-state index in [1.807, 2.05) is 42.8 Å². The largest absolute Gasteiger partial charge is 0.388 e. The number of pyridine rings is 1. The fourth-order valence-electron chi connectivity index (χ4n) is 2.22. The topological polar surface area (TPSA) is 46.0 Å². The van der Waals surface area contributed by atoms with Crippen LogP contribution in [-0.2, 0) is 6.42 Å². The zero-order valence-corrected chi connectivity index (χ0v) is 11.4. The highest BCUT2D eigenvalue weighted by Gasteiger charge is 2.13. The summed E-state index contributed by atoms with van der Waals surface area (Å²) in [6, 6.07) is 7.98. The van der Waals surface area contributed by atoms with Crippen LogP contribution in [-0.4, -0.2) is 15.1 Å². The first kappa shape index (κ1) is 12.3. The third-order valence-electron chi connectivity index (χ3n) is 3.13. The summed E-state index contributed by atoms with van der Waals surface area (Å²) < 4.78 is 0. The minimum absolute atomic E-state index is 0.528. The van der Waals surface area contributed by atoms with E-state index in [-0.39, 0.29) is 0 Å². The summed E-state index contributed by atoms with van der Waals surface area (Å²) in [5, 5.41) is 15.5. The predicted octanol–water partition coefficient (Wildman–Crippen LogP) is 3.28. The monoisotopic (exact) mass is 270 g/mol. The molecule has 0 fully saturated rings. The van der Waals surface area contributed by atoms with Crippen molar-refractivity contribution in [3.63, 3.8) is 0 Å². The van der Waals surface area contributed by atoms with Crippen LogP contribution in [0.1, 0.15) is 22.4 Å². The van der Waals surface area contributed by atoms with E-state index in [0.29, 0.717) is 6.42 Å². The number of hydrogen-bond acceptors (Lipinski definition) is 4. The highest BCUT2D eigenvalue weighted by atomic mass is 32.1. The van der Waals surface area contributed by atoms with Gasteiger partial charge in [-0.1, -0.05) is 24.3 Å². The van der Waals surface area contributed by atoms with Gasteiger partial charge in [-0.15, -0.1) is 11.3 Å². The molecule has 3 rings (SSSR count). The molecular formula is C15H14N2OS. The molecule has 0 aliphatic heterocycles. The highest BCUT2D eigenvalue weighted by Crippen LogP contribution is 2.25. The fourth-order valence-corrected chi connectivity index (χ4v) is 2.84. The molecule has 0 aliphatic rings. The van der Waals surface area contributed by atoms with Crippen molar-refractivity contribution in [2.75, 3.05) is 0 Å². The lowest BCUT2D eigenvalue weighted by Gasteiger charge is -2.12. The average molecular weight is 270 g/mol. The van der Waals surface area contributed by atoms with Crippen molar-refractivity contribution in [2.24, 2.45) is 0 Å². The van der Waals surface area contributed by atoms with Crippen LogP contribution in [0, 0.1) is 6.92 Å². The lowest BCUT2D eigenvalue weighted by Crippen LogP contribution is -2.03. The summed E-state index contributed by atoms with van der Waals surface area (Å²) in [5.74, 6) is 0. The van der Waals surface area contributed by atoms with Gasteiger partial charge < -0.3 is 5.11 Å². The molecule has 0 amide bonds. The van der Waals surface area contributed by atoms with Crippen LogP contribution >= 0.6 is 11.3 Å². The predicted molar refractivity (Wildman–Crippen MR) is 77.3 cm³/mol. The van der Waals surface area contributed by atoms with E-state index in [1.54, 1.807) is 17.5 Å². The Morgan fingerprint density at radius 3 is 2.89 bits per heavy atom. The summed E-state index contributed by atoms with van der Waals surface area (Å²) in [7, 11) is 0. The van der Waals surface area contributed by atoms with Gasteiger partial charge in [0.1, 0.15) is 0 Å². The first-order valence-corrected chi connectivity index (χ1v) is 7.04. The summed E-state index contributed by atoms with van der Waals surface area (Å²) >= 11 is 1.61. The summed E-state index contributed by atoms with van der Waals surface area (Å²) in [4.78, 5) is 8.60. The maximum Gasteiger partial charge on any atom is 0.0897 e. The van der Waals surface area contributed by atoms with Crippen LogP contribution in [0.25, 0.3) is 10.8 Å². The van der Waals surface area contributed by atoms with Gasteiger partial charge in [0.25, 0.3) is 0 Å². The maximum absolute atomic E-state index is 10.4.